The number of hydrogen-bond acceptors (Lipinski definition) is 7. The summed E-state index contributed by atoms with van der Waals surface area (Å²) < 4.78 is 6.93. The van der Waals surface area contributed by atoms with Gasteiger partial charge in [0.15, 0.2) is 0 Å². The van der Waals surface area contributed by atoms with Gasteiger partial charge in [-0.15, -0.1) is 0 Å². The Morgan fingerprint density at radius 3 is 2.67 bits per heavy atom. The van der Waals surface area contributed by atoms with E-state index in [1.165, 1.54) is 6.33 Å². The van der Waals surface area contributed by atoms with E-state index in [2.05, 4.69) is 25.1 Å². The lowest BCUT2D eigenvalue weighted by Crippen LogP contribution is -2.49. The summed E-state index contributed by atoms with van der Waals surface area (Å²) in [6.45, 7) is 8.66. The second-order valence-electron chi connectivity index (χ2n) is 6.90. The van der Waals surface area contributed by atoms with E-state index in [0.717, 1.165) is 41.6 Å². The number of nitrogens with zero attached hydrogens (tertiary/aromatic N) is 7. The monoisotopic (exact) mass is 369 g/mol. The highest BCUT2D eigenvalue weighted by Crippen LogP contribution is 2.19. The molecule has 9 nitrogen and oxygen atoms in total. The zero-order valence-corrected chi connectivity index (χ0v) is 15.8. The Morgan fingerprint density at radius 1 is 1.19 bits per heavy atom. The minimum absolute atomic E-state index is 0.173. The molecule has 1 aliphatic rings. The molecule has 4 rings (SSSR count). The first kappa shape index (κ1) is 17.4. The molecule has 0 atom stereocenters. The molecule has 0 bridgehead atoms. The van der Waals surface area contributed by atoms with E-state index in [9.17, 15) is 4.79 Å². The number of aryl methyl sites for hydroxylation is 3. The van der Waals surface area contributed by atoms with E-state index in [0.29, 0.717) is 31.7 Å². The first-order chi connectivity index (χ1) is 13.0. The first-order valence-corrected chi connectivity index (χ1v) is 9.15. The fourth-order valence-electron chi connectivity index (χ4n) is 3.57. The smallest absolute Gasteiger partial charge is 0.254 e. The molecule has 0 saturated carbocycles. The van der Waals surface area contributed by atoms with Crippen LogP contribution >= 0.6 is 0 Å². The van der Waals surface area contributed by atoms with Crippen LogP contribution in [0, 0.1) is 20.8 Å². The molecule has 3 aromatic heterocycles. The van der Waals surface area contributed by atoms with Gasteiger partial charge in [-0.2, -0.15) is 14.6 Å². The van der Waals surface area contributed by atoms with Crippen molar-refractivity contribution in [3.8, 4) is 0 Å². The van der Waals surface area contributed by atoms with E-state index in [4.69, 9.17) is 4.52 Å². The number of amides is 1. The predicted octanol–water partition coefficient (Wildman–Crippen LogP) is 1.32. The molecule has 3 aromatic rings. The SMILES string of the molecule is Cc1cc(N2CCN(C(=O)CCc3c(C)noc3C)CC2)n2ncnc2n1. The highest BCUT2D eigenvalue weighted by Gasteiger charge is 2.23. The normalized spacial score (nSPS) is 14.9. The maximum Gasteiger partial charge on any atom is 0.254 e. The number of hydrogen-bond donors (Lipinski definition) is 0. The second kappa shape index (κ2) is 6.98. The molecule has 1 aliphatic heterocycles. The zero-order chi connectivity index (χ0) is 19.0. The average molecular weight is 369 g/mol. The number of fused-ring (bicyclic) bond motifs is 1. The second-order valence-corrected chi connectivity index (χ2v) is 6.90. The van der Waals surface area contributed by atoms with Gasteiger partial charge in [0.2, 0.25) is 5.91 Å². The van der Waals surface area contributed by atoms with E-state index >= 15 is 0 Å². The van der Waals surface area contributed by atoms with Crippen LogP contribution in [-0.2, 0) is 11.2 Å². The van der Waals surface area contributed by atoms with Crippen LogP contribution in [-0.4, -0.2) is 61.7 Å². The van der Waals surface area contributed by atoms with E-state index in [1.54, 1.807) is 4.52 Å². The number of anilines is 1. The molecule has 142 valence electrons. The van der Waals surface area contributed by atoms with Gasteiger partial charge in [-0.05, 0) is 27.2 Å². The van der Waals surface area contributed by atoms with Crippen molar-refractivity contribution in [1.29, 1.82) is 0 Å². The third-order valence-corrected chi connectivity index (χ3v) is 5.09. The molecule has 27 heavy (non-hydrogen) atoms. The molecule has 1 amide bonds. The van der Waals surface area contributed by atoms with Crippen LogP contribution in [0.3, 0.4) is 0 Å². The molecule has 0 unspecified atom stereocenters. The Hall–Kier alpha value is -2.97. The zero-order valence-electron chi connectivity index (χ0n) is 15.8. The number of rotatable bonds is 4. The molecule has 1 saturated heterocycles. The van der Waals surface area contributed by atoms with Crippen LogP contribution in [0.5, 0.6) is 0 Å². The van der Waals surface area contributed by atoms with Crippen LogP contribution in [0.1, 0.15) is 29.1 Å². The molecule has 0 N–H and O–H groups in total. The van der Waals surface area contributed by atoms with Crippen molar-refractivity contribution in [3.63, 3.8) is 0 Å². The molecular formula is C18H23N7O2. The Morgan fingerprint density at radius 2 is 1.96 bits per heavy atom. The molecule has 1 fully saturated rings. The molecule has 0 radical (unpaired) electrons. The summed E-state index contributed by atoms with van der Waals surface area (Å²) in [4.78, 5) is 25.3. The molecule has 0 aliphatic carbocycles. The maximum absolute atomic E-state index is 12.6. The predicted molar refractivity (Wildman–Crippen MR) is 98.6 cm³/mol. The van der Waals surface area contributed by atoms with Gasteiger partial charge in [0.1, 0.15) is 17.9 Å². The Kier molecular flexibility index (Phi) is 4.51. The fourth-order valence-corrected chi connectivity index (χ4v) is 3.57. The summed E-state index contributed by atoms with van der Waals surface area (Å²) >= 11 is 0. The summed E-state index contributed by atoms with van der Waals surface area (Å²) in [7, 11) is 0. The summed E-state index contributed by atoms with van der Waals surface area (Å²) in [6, 6.07) is 2.01. The van der Waals surface area contributed by atoms with Crippen molar-refractivity contribution in [3.05, 3.63) is 35.1 Å². The van der Waals surface area contributed by atoms with Gasteiger partial charge in [0, 0.05) is 49.9 Å². The van der Waals surface area contributed by atoms with Crippen LogP contribution < -0.4 is 4.90 Å². The number of carbonyl (C=O) groups excluding carboxylic acids is 1. The molecular weight excluding hydrogens is 346 g/mol. The van der Waals surface area contributed by atoms with Crippen molar-refractivity contribution in [2.75, 3.05) is 31.1 Å². The van der Waals surface area contributed by atoms with Crippen molar-refractivity contribution in [1.82, 2.24) is 29.6 Å². The van der Waals surface area contributed by atoms with Crippen LogP contribution in [0.2, 0.25) is 0 Å². The van der Waals surface area contributed by atoms with E-state index in [-0.39, 0.29) is 5.91 Å². The summed E-state index contributed by atoms with van der Waals surface area (Å²) in [5.74, 6) is 2.54. The summed E-state index contributed by atoms with van der Waals surface area (Å²) in [5, 5.41) is 8.22. The largest absolute Gasteiger partial charge is 0.361 e. The van der Waals surface area contributed by atoms with Crippen molar-refractivity contribution < 1.29 is 9.32 Å². The maximum atomic E-state index is 12.6. The van der Waals surface area contributed by atoms with Crippen LogP contribution in [0.15, 0.2) is 16.9 Å². The lowest BCUT2D eigenvalue weighted by atomic mass is 10.1. The average Bonchev–Trinajstić information content (AvgIpc) is 3.26. The highest BCUT2D eigenvalue weighted by molar-refractivity contribution is 5.76. The van der Waals surface area contributed by atoms with Gasteiger partial charge in [-0.25, -0.2) is 4.98 Å². The van der Waals surface area contributed by atoms with Gasteiger partial charge in [-0.3, -0.25) is 4.79 Å². The molecule has 0 spiro atoms. The number of piperazine rings is 1. The van der Waals surface area contributed by atoms with Crippen LogP contribution in [0.25, 0.3) is 5.78 Å². The van der Waals surface area contributed by atoms with Gasteiger partial charge in [0.25, 0.3) is 5.78 Å². The standard InChI is InChI=1S/C18H23N7O2/c1-12-10-16(25-18(21-12)19-11-20-25)23-6-8-24(9-7-23)17(26)5-4-15-13(2)22-27-14(15)3/h10-11H,4-9H2,1-3H3. The van der Waals surface area contributed by atoms with Crippen LogP contribution in [0.4, 0.5) is 5.82 Å². The lowest BCUT2D eigenvalue weighted by Gasteiger charge is -2.36. The van der Waals surface area contributed by atoms with Gasteiger partial charge < -0.3 is 14.3 Å². The number of carbonyl (C=O) groups is 1. The number of aromatic nitrogens is 5. The van der Waals surface area contributed by atoms with E-state index in [1.807, 2.05) is 31.7 Å². The Labute approximate surface area is 157 Å². The van der Waals surface area contributed by atoms with Gasteiger partial charge in [-0.1, -0.05) is 5.16 Å². The van der Waals surface area contributed by atoms with Crippen molar-refractivity contribution in [2.45, 2.75) is 33.6 Å². The fraction of sp³-hybridized carbons (Fsp3) is 0.500. The Bertz CT molecular complexity index is 950. The third-order valence-electron chi connectivity index (χ3n) is 5.09. The molecule has 0 aromatic carbocycles. The lowest BCUT2D eigenvalue weighted by molar-refractivity contribution is -0.131. The topological polar surface area (TPSA) is 92.7 Å². The van der Waals surface area contributed by atoms with Gasteiger partial charge in [0.05, 0.1) is 5.69 Å². The Balaban J connectivity index is 1.38. The third kappa shape index (κ3) is 3.36. The summed E-state index contributed by atoms with van der Waals surface area (Å²) in [6.07, 6.45) is 2.66. The highest BCUT2D eigenvalue weighted by atomic mass is 16.5. The van der Waals surface area contributed by atoms with Crippen molar-refractivity contribution >= 4 is 17.5 Å². The van der Waals surface area contributed by atoms with E-state index < -0.39 is 0 Å². The minimum atomic E-state index is 0.173. The molecule has 9 heteroatoms. The van der Waals surface area contributed by atoms with Crippen molar-refractivity contribution in [2.24, 2.45) is 0 Å². The molecule has 4 heterocycles. The van der Waals surface area contributed by atoms with Gasteiger partial charge >= 0.3 is 0 Å². The quantitative estimate of drug-likeness (QED) is 0.685. The minimum Gasteiger partial charge on any atom is -0.361 e. The summed E-state index contributed by atoms with van der Waals surface area (Å²) in [5.41, 5.74) is 2.82. The first-order valence-electron chi connectivity index (χ1n) is 9.15.